The minimum Gasteiger partial charge on any atom is -0.437 e. The second kappa shape index (κ2) is 5.25. The third-order valence-corrected chi connectivity index (χ3v) is 2.73. The van der Waals surface area contributed by atoms with Crippen molar-refractivity contribution in [1.29, 1.82) is 0 Å². The summed E-state index contributed by atoms with van der Waals surface area (Å²) in [4.78, 5) is 17.5. The molecule has 0 saturated heterocycles. The summed E-state index contributed by atoms with van der Waals surface area (Å²) >= 11 is 11.5. The summed E-state index contributed by atoms with van der Waals surface area (Å²) in [6, 6.07) is 3.88. The molecule has 0 atom stereocenters. The van der Waals surface area contributed by atoms with Gasteiger partial charge in [-0.3, -0.25) is 10.1 Å². The van der Waals surface area contributed by atoms with E-state index in [1.165, 1.54) is 24.5 Å². The molecule has 1 heterocycles. The molecule has 9 heteroatoms. The molecule has 0 bridgehead atoms. The quantitative estimate of drug-likeness (QED) is 0.530. The van der Waals surface area contributed by atoms with Crippen LogP contribution < -0.4 is 10.5 Å². The van der Waals surface area contributed by atoms with Crippen molar-refractivity contribution in [1.82, 2.24) is 9.97 Å². The number of nitrogen functional groups attached to an aromatic ring is 1. The van der Waals surface area contributed by atoms with Gasteiger partial charge in [0.15, 0.2) is 5.15 Å². The molecule has 1 aromatic heterocycles. The number of aromatic nitrogens is 2. The van der Waals surface area contributed by atoms with E-state index in [0.29, 0.717) is 0 Å². The van der Waals surface area contributed by atoms with E-state index in [4.69, 9.17) is 33.7 Å². The highest BCUT2D eigenvalue weighted by atomic mass is 35.5. The number of nitrogens with two attached hydrogens (primary N) is 1. The smallest absolute Gasteiger partial charge is 0.288 e. The number of rotatable bonds is 3. The lowest BCUT2D eigenvalue weighted by Gasteiger charge is -2.07. The van der Waals surface area contributed by atoms with Gasteiger partial charge in [-0.15, -0.1) is 0 Å². The molecule has 0 fully saturated rings. The lowest BCUT2D eigenvalue weighted by atomic mass is 10.3. The number of hydrogen-bond donors (Lipinski definition) is 1. The van der Waals surface area contributed by atoms with E-state index in [9.17, 15) is 10.1 Å². The number of benzene rings is 1. The largest absolute Gasteiger partial charge is 0.437 e. The fourth-order valence-corrected chi connectivity index (χ4v) is 1.62. The molecule has 0 amide bonds. The van der Waals surface area contributed by atoms with E-state index in [-0.39, 0.29) is 33.2 Å². The lowest BCUT2D eigenvalue weighted by molar-refractivity contribution is -0.384. The van der Waals surface area contributed by atoms with Gasteiger partial charge in [0.25, 0.3) is 5.69 Å². The summed E-state index contributed by atoms with van der Waals surface area (Å²) < 4.78 is 5.34. The fraction of sp³-hybridized carbons (Fsp3) is 0. The minimum atomic E-state index is -0.595. The second-order valence-corrected chi connectivity index (χ2v) is 4.12. The minimum absolute atomic E-state index is 0.0462. The highest BCUT2D eigenvalue weighted by Crippen LogP contribution is 2.33. The summed E-state index contributed by atoms with van der Waals surface area (Å²) in [6.45, 7) is 0. The Morgan fingerprint density at radius 3 is 2.68 bits per heavy atom. The first kappa shape index (κ1) is 13.3. The summed E-state index contributed by atoms with van der Waals surface area (Å²) in [5.74, 6) is 0.294. The normalized spacial score (nSPS) is 10.2. The summed E-state index contributed by atoms with van der Waals surface area (Å²) in [7, 11) is 0. The Bertz CT molecular complexity index is 651. The van der Waals surface area contributed by atoms with Crippen molar-refractivity contribution in [3.63, 3.8) is 0 Å². The van der Waals surface area contributed by atoms with Crippen LogP contribution in [0.15, 0.2) is 24.5 Å². The molecule has 2 rings (SSSR count). The van der Waals surface area contributed by atoms with Crippen LogP contribution in [0.1, 0.15) is 0 Å². The highest BCUT2D eigenvalue weighted by Gasteiger charge is 2.14. The summed E-state index contributed by atoms with van der Waals surface area (Å²) in [5.41, 5.74) is 5.47. The molecular weight excluding hydrogens is 295 g/mol. The van der Waals surface area contributed by atoms with Gasteiger partial charge in [-0.05, 0) is 6.07 Å². The monoisotopic (exact) mass is 300 g/mol. The number of anilines is 1. The Hall–Kier alpha value is -2.12. The summed E-state index contributed by atoms with van der Waals surface area (Å²) in [5, 5.41) is 10.6. The van der Waals surface area contributed by atoms with E-state index in [0.717, 1.165) is 0 Å². The number of ether oxygens (including phenoxy) is 1. The van der Waals surface area contributed by atoms with Gasteiger partial charge in [0, 0.05) is 12.1 Å². The van der Waals surface area contributed by atoms with Crippen LogP contribution in [0.25, 0.3) is 0 Å². The van der Waals surface area contributed by atoms with Crippen LogP contribution in [0.4, 0.5) is 11.4 Å². The Balaban J connectivity index is 2.32. The van der Waals surface area contributed by atoms with Gasteiger partial charge in [-0.25, -0.2) is 4.98 Å². The van der Waals surface area contributed by atoms with E-state index in [1.807, 2.05) is 0 Å². The van der Waals surface area contributed by atoms with Gasteiger partial charge in [0.2, 0.25) is 5.88 Å². The number of nitro benzene ring substituents is 1. The summed E-state index contributed by atoms with van der Waals surface area (Å²) in [6.07, 6.45) is 1.18. The fourth-order valence-electron chi connectivity index (χ4n) is 1.25. The molecule has 0 spiro atoms. The Labute approximate surface area is 117 Å². The van der Waals surface area contributed by atoms with Crippen molar-refractivity contribution in [3.05, 3.63) is 44.8 Å². The number of nitro groups is 1. The molecule has 7 nitrogen and oxygen atoms in total. The van der Waals surface area contributed by atoms with Gasteiger partial charge in [0.1, 0.15) is 22.8 Å². The first-order chi connectivity index (χ1) is 8.99. The highest BCUT2D eigenvalue weighted by molar-refractivity contribution is 6.32. The van der Waals surface area contributed by atoms with Gasteiger partial charge < -0.3 is 10.5 Å². The SMILES string of the molecule is Nc1c(Cl)ncnc1Oc1ccc([N+](=O)[O-])c(Cl)c1. The van der Waals surface area contributed by atoms with Crippen LogP contribution in [0.5, 0.6) is 11.6 Å². The standard InChI is InChI=1S/C10H6Cl2N4O3/c11-6-3-5(1-2-7(6)16(17)18)19-10-8(13)9(12)14-4-15-10/h1-4H,13H2. The molecule has 2 N–H and O–H groups in total. The van der Waals surface area contributed by atoms with Gasteiger partial charge in [-0.2, -0.15) is 4.98 Å². The predicted molar refractivity (Wildman–Crippen MR) is 69.6 cm³/mol. The maximum atomic E-state index is 10.6. The van der Waals surface area contributed by atoms with Gasteiger partial charge in [0.05, 0.1) is 4.92 Å². The Kier molecular flexibility index (Phi) is 3.68. The van der Waals surface area contributed by atoms with Crippen molar-refractivity contribution < 1.29 is 9.66 Å². The van der Waals surface area contributed by atoms with Crippen molar-refractivity contribution >= 4 is 34.6 Å². The number of nitrogens with zero attached hydrogens (tertiary/aromatic N) is 3. The average Bonchev–Trinajstić information content (AvgIpc) is 2.34. The van der Waals surface area contributed by atoms with Crippen molar-refractivity contribution in [3.8, 4) is 11.6 Å². The Morgan fingerprint density at radius 1 is 1.32 bits per heavy atom. The molecule has 0 aliphatic rings. The van der Waals surface area contributed by atoms with Gasteiger partial charge >= 0.3 is 0 Å². The number of hydrogen-bond acceptors (Lipinski definition) is 6. The zero-order valence-electron chi connectivity index (χ0n) is 9.21. The molecule has 0 aliphatic heterocycles. The Morgan fingerprint density at radius 2 is 2.05 bits per heavy atom. The molecule has 0 unspecified atom stereocenters. The van der Waals surface area contributed by atoms with Gasteiger partial charge in [-0.1, -0.05) is 23.2 Å². The van der Waals surface area contributed by atoms with Crippen molar-refractivity contribution in [2.24, 2.45) is 0 Å². The van der Waals surface area contributed by atoms with E-state index < -0.39 is 4.92 Å². The van der Waals surface area contributed by atoms with Crippen LogP contribution in [-0.2, 0) is 0 Å². The van der Waals surface area contributed by atoms with Crippen molar-refractivity contribution in [2.75, 3.05) is 5.73 Å². The van der Waals surface area contributed by atoms with E-state index in [1.54, 1.807) is 0 Å². The molecule has 1 aromatic carbocycles. The average molecular weight is 301 g/mol. The van der Waals surface area contributed by atoms with Crippen molar-refractivity contribution in [2.45, 2.75) is 0 Å². The molecule has 0 aliphatic carbocycles. The first-order valence-corrected chi connectivity index (χ1v) is 5.62. The van der Waals surface area contributed by atoms with E-state index >= 15 is 0 Å². The topological polar surface area (TPSA) is 104 Å². The third kappa shape index (κ3) is 2.83. The second-order valence-electron chi connectivity index (χ2n) is 3.36. The lowest BCUT2D eigenvalue weighted by Crippen LogP contribution is -1.97. The first-order valence-electron chi connectivity index (χ1n) is 4.87. The molecular formula is C10H6Cl2N4O3. The molecule has 0 saturated carbocycles. The molecule has 98 valence electrons. The molecule has 19 heavy (non-hydrogen) atoms. The molecule has 2 aromatic rings. The number of halogens is 2. The third-order valence-electron chi connectivity index (χ3n) is 2.13. The van der Waals surface area contributed by atoms with Crippen LogP contribution in [0, 0.1) is 10.1 Å². The maximum Gasteiger partial charge on any atom is 0.288 e. The van der Waals surface area contributed by atoms with E-state index in [2.05, 4.69) is 9.97 Å². The zero-order chi connectivity index (χ0) is 14.0. The predicted octanol–water partition coefficient (Wildman–Crippen LogP) is 3.07. The van der Waals surface area contributed by atoms with Crippen LogP contribution in [0.2, 0.25) is 10.2 Å². The zero-order valence-corrected chi connectivity index (χ0v) is 10.7. The van der Waals surface area contributed by atoms with Crippen LogP contribution in [-0.4, -0.2) is 14.9 Å². The van der Waals surface area contributed by atoms with Crippen LogP contribution >= 0.6 is 23.2 Å². The molecule has 0 radical (unpaired) electrons. The van der Waals surface area contributed by atoms with Crippen LogP contribution in [0.3, 0.4) is 0 Å². The maximum absolute atomic E-state index is 10.6.